The van der Waals surface area contributed by atoms with Gasteiger partial charge in [0.05, 0.1) is 6.61 Å². The van der Waals surface area contributed by atoms with Crippen LogP contribution in [0, 0.1) is 5.41 Å². The largest absolute Gasteiger partial charge is 0.360 e. The van der Waals surface area contributed by atoms with Gasteiger partial charge in [-0.3, -0.25) is 0 Å². The van der Waals surface area contributed by atoms with Gasteiger partial charge in [-0.05, 0) is 42.9 Å². The van der Waals surface area contributed by atoms with Crippen molar-refractivity contribution >= 4 is 12.0 Å². The highest BCUT2D eigenvalue weighted by Crippen LogP contribution is 2.29. The number of rotatable bonds is 8. The molecule has 1 N–H and O–H groups in total. The predicted molar refractivity (Wildman–Crippen MR) is 91.2 cm³/mol. The zero-order chi connectivity index (χ0) is 16.0. The summed E-state index contributed by atoms with van der Waals surface area (Å²) in [4.78, 5) is 11.0. The monoisotopic (exact) mass is 303 g/mol. The molecule has 1 aliphatic rings. The Morgan fingerprint density at radius 2 is 2.18 bits per heavy atom. The van der Waals surface area contributed by atoms with E-state index in [1.807, 2.05) is 13.8 Å². The van der Waals surface area contributed by atoms with Gasteiger partial charge in [-0.25, -0.2) is 0 Å². The second-order valence-electron chi connectivity index (χ2n) is 6.99. The van der Waals surface area contributed by atoms with Crippen LogP contribution in [0.15, 0.2) is 18.2 Å². The average Bonchev–Trinajstić information content (AvgIpc) is 2.53. The van der Waals surface area contributed by atoms with Crippen LogP contribution in [0.25, 0.3) is 0 Å². The van der Waals surface area contributed by atoms with E-state index in [4.69, 9.17) is 4.74 Å². The minimum absolute atomic E-state index is 0.0117. The van der Waals surface area contributed by atoms with Crippen molar-refractivity contribution in [2.45, 2.75) is 65.5 Å². The third-order valence-electron chi connectivity index (χ3n) is 4.27. The number of nitrogens with one attached hydrogen (secondary N) is 1. The number of aryl methyl sites for hydroxylation is 1. The molecule has 1 atom stereocenters. The maximum atomic E-state index is 11.0. The maximum absolute atomic E-state index is 11.0. The number of anilines is 1. The van der Waals surface area contributed by atoms with Crippen LogP contribution < -0.4 is 5.32 Å². The second-order valence-corrected chi connectivity index (χ2v) is 6.99. The molecule has 0 bridgehead atoms. The molecule has 0 amide bonds. The summed E-state index contributed by atoms with van der Waals surface area (Å²) in [7, 11) is 0. The number of fused-ring (bicyclic) bond motifs is 1. The van der Waals surface area contributed by atoms with Crippen molar-refractivity contribution in [1.29, 1.82) is 0 Å². The summed E-state index contributed by atoms with van der Waals surface area (Å²) in [6.07, 6.45) is 7.99. The molecule has 0 fully saturated rings. The van der Waals surface area contributed by atoms with E-state index in [0.717, 1.165) is 19.1 Å². The van der Waals surface area contributed by atoms with Gasteiger partial charge in [-0.15, -0.1) is 0 Å². The molecule has 0 aromatic heterocycles. The van der Waals surface area contributed by atoms with Gasteiger partial charge in [-0.2, -0.15) is 0 Å². The fourth-order valence-corrected chi connectivity index (χ4v) is 2.86. The van der Waals surface area contributed by atoms with Gasteiger partial charge in [0.15, 0.2) is 0 Å². The van der Waals surface area contributed by atoms with E-state index >= 15 is 0 Å². The minimum Gasteiger partial charge on any atom is -0.360 e. The van der Waals surface area contributed by atoms with Crippen LogP contribution in [0.5, 0.6) is 0 Å². The Labute approximate surface area is 134 Å². The zero-order valence-electron chi connectivity index (χ0n) is 14.2. The lowest BCUT2D eigenvalue weighted by atomic mass is 9.93. The standard InChI is InChI=1S/C19H29NO2/c1-4-5-6-8-15-9-7-10-17-16(15)11-12-18(20-17)22-14-19(2,3)13-21/h7,9-10,13,18,20H,4-6,8,11-12,14H2,1-3H3. The fraction of sp³-hybridized carbons (Fsp3) is 0.632. The van der Waals surface area contributed by atoms with Gasteiger partial charge in [0, 0.05) is 11.1 Å². The van der Waals surface area contributed by atoms with Gasteiger partial charge in [0.25, 0.3) is 0 Å². The molecular weight excluding hydrogens is 274 g/mol. The van der Waals surface area contributed by atoms with Crippen molar-refractivity contribution in [3.8, 4) is 0 Å². The maximum Gasteiger partial charge on any atom is 0.128 e. The minimum atomic E-state index is -0.413. The first-order valence-electron chi connectivity index (χ1n) is 8.51. The van der Waals surface area contributed by atoms with E-state index in [0.29, 0.717) is 6.61 Å². The van der Waals surface area contributed by atoms with Crippen molar-refractivity contribution in [3.05, 3.63) is 29.3 Å². The van der Waals surface area contributed by atoms with E-state index in [1.165, 1.54) is 42.5 Å². The number of benzene rings is 1. The van der Waals surface area contributed by atoms with E-state index in [-0.39, 0.29) is 6.23 Å². The first-order valence-corrected chi connectivity index (χ1v) is 8.51. The highest BCUT2D eigenvalue weighted by Gasteiger charge is 2.23. The van der Waals surface area contributed by atoms with Crippen LogP contribution in [0.3, 0.4) is 0 Å². The average molecular weight is 303 g/mol. The van der Waals surface area contributed by atoms with Crippen molar-refractivity contribution in [3.63, 3.8) is 0 Å². The highest BCUT2D eigenvalue weighted by molar-refractivity contribution is 5.58. The molecule has 122 valence electrons. The molecule has 0 saturated heterocycles. The van der Waals surface area contributed by atoms with Crippen LogP contribution in [-0.4, -0.2) is 19.1 Å². The zero-order valence-corrected chi connectivity index (χ0v) is 14.2. The lowest BCUT2D eigenvalue weighted by Crippen LogP contribution is -2.33. The Balaban J connectivity index is 1.96. The summed E-state index contributed by atoms with van der Waals surface area (Å²) in [6, 6.07) is 6.52. The second kappa shape index (κ2) is 7.77. The summed E-state index contributed by atoms with van der Waals surface area (Å²) in [5.74, 6) is 0. The molecule has 22 heavy (non-hydrogen) atoms. The third kappa shape index (κ3) is 4.57. The Morgan fingerprint density at radius 1 is 1.36 bits per heavy atom. The molecule has 0 spiro atoms. The number of ether oxygens (including phenoxy) is 1. The van der Waals surface area contributed by atoms with Gasteiger partial charge >= 0.3 is 0 Å². The molecule has 3 nitrogen and oxygen atoms in total. The Morgan fingerprint density at radius 3 is 2.91 bits per heavy atom. The molecule has 1 aliphatic heterocycles. The number of unbranched alkanes of at least 4 members (excludes halogenated alkanes) is 2. The van der Waals surface area contributed by atoms with Crippen LogP contribution in [0.4, 0.5) is 5.69 Å². The van der Waals surface area contributed by atoms with E-state index in [9.17, 15) is 4.79 Å². The quantitative estimate of drug-likeness (QED) is 0.573. The third-order valence-corrected chi connectivity index (χ3v) is 4.27. The van der Waals surface area contributed by atoms with Gasteiger partial charge in [0.1, 0.15) is 12.5 Å². The summed E-state index contributed by atoms with van der Waals surface area (Å²) < 4.78 is 5.89. The van der Waals surface area contributed by atoms with Crippen LogP contribution in [-0.2, 0) is 22.4 Å². The summed E-state index contributed by atoms with van der Waals surface area (Å²) in [6.45, 7) is 6.51. The lowest BCUT2D eigenvalue weighted by Gasteiger charge is -2.30. The van der Waals surface area contributed by atoms with Crippen molar-refractivity contribution in [1.82, 2.24) is 0 Å². The van der Waals surface area contributed by atoms with Crippen LogP contribution in [0.2, 0.25) is 0 Å². The fourth-order valence-electron chi connectivity index (χ4n) is 2.86. The van der Waals surface area contributed by atoms with Crippen LogP contribution in [0.1, 0.15) is 57.6 Å². The normalized spacial score (nSPS) is 17.7. The van der Waals surface area contributed by atoms with Crippen molar-refractivity contribution < 1.29 is 9.53 Å². The number of hydrogen-bond acceptors (Lipinski definition) is 3. The number of hydrogen-bond donors (Lipinski definition) is 1. The summed E-state index contributed by atoms with van der Waals surface area (Å²) >= 11 is 0. The van der Waals surface area contributed by atoms with Gasteiger partial charge in [-0.1, -0.05) is 45.7 Å². The SMILES string of the molecule is CCCCCc1cccc2c1CCC(OCC(C)(C)C=O)N2. The molecule has 1 unspecified atom stereocenters. The Bertz CT molecular complexity index is 496. The number of carbonyl (C=O) groups is 1. The molecule has 0 radical (unpaired) electrons. The topological polar surface area (TPSA) is 38.3 Å². The molecule has 0 saturated carbocycles. The molecule has 1 aromatic carbocycles. The van der Waals surface area contributed by atoms with Gasteiger partial charge in [0.2, 0.25) is 0 Å². The molecule has 3 heteroatoms. The molecular formula is C19H29NO2. The van der Waals surface area contributed by atoms with Crippen molar-refractivity contribution in [2.24, 2.45) is 5.41 Å². The molecule has 1 aromatic rings. The summed E-state index contributed by atoms with van der Waals surface area (Å²) in [5.41, 5.74) is 3.72. The lowest BCUT2D eigenvalue weighted by molar-refractivity contribution is -0.118. The number of carbonyl (C=O) groups excluding carboxylic acids is 1. The smallest absolute Gasteiger partial charge is 0.128 e. The number of aldehydes is 1. The molecule has 0 aliphatic carbocycles. The predicted octanol–water partition coefficient (Wildman–Crippen LogP) is 4.35. The highest BCUT2D eigenvalue weighted by atomic mass is 16.5. The van der Waals surface area contributed by atoms with Gasteiger partial charge < -0.3 is 14.8 Å². The molecule has 2 rings (SSSR count). The Hall–Kier alpha value is -1.35. The molecule has 1 heterocycles. The van der Waals surface area contributed by atoms with E-state index < -0.39 is 5.41 Å². The van der Waals surface area contributed by atoms with E-state index in [1.54, 1.807) is 0 Å². The van der Waals surface area contributed by atoms with E-state index in [2.05, 4.69) is 30.4 Å². The first-order chi connectivity index (χ1) is 10.6. The Kier molecular flexibility index (Phi) is 6.01. The van der Waals surface area contributed by atoms with Crippen LogP contribution >= 0.6 is 0 Å². The summed E-state index contributed by atoms with van der Waals surface area (Å²) in [5, 5.41) is 3.49. The first kappa shape index (κ1) is 17.0. The van der Waals surface area contributed by atoms with Crippen molar-refractivity contribution in [2.75, 3.05) is 11.9 Å².